The topological polar surface area (TPSA) is 82.7 Å². The van der Waals surface area contributed by atoms with Gasteiger partial charge >= 0.3 is 0 Å². The molecule has 0 saturated carbocycles. The summed E-state index contributed by atoms with van der Waals surface area (Å²) in [6.45, 7) is 0.524. The highest BCUT2D eigenvalue weighted by molar-refractivity contribution is 6.29. The molecule has 0 aliphatic heterocycles. The maximum absolute atomic E-state index is 11.9. The lowest BCUT2D eigenvalue weighted by Gasteiger charge is -2.06. The Labute approximate surface area is 115 Å². The van der Waals surface area contributed by atoms with Gasteiger partial charge in [0.05, 0.1) is 6.33 Å². The monoisotopic (exact) mass is 279 g/mol. The third-order valence-corrected chi connectivity index (χ3v) is 2.74. The number of anilines is 1. The molecule has 19 heavy (non-hydrogen) atoms. The van der Waals surface area contributed by atoms with Gasteiger partial charge in [-0.05, 0) is 12.1 Å². The minimum Gasteiger partial charge on any atom is -0.373 e. The lowest BCUT2D eigenvalue weighted by atomic mass is 10.2. The molecule has 0 atom stereocenters. The molecule has 2 aromatic rings. The summed E-state index contributed by atoms with van der Waals surface area (Å²) in [4.78, 5) is 22.8. The van der Waals surface area contributed by atoms with Gasteiger partial charge in [-0.15, -0.1) is 0 Å². The molecule has 7 heteroatoms. The first-order chi connectivity index (χ1) is 9.19. The van der Waals surface area contributed by atoms with Crippen molar-refractivity contribution < 1.29 is 4.79 Å². The number of aromatic nitrogens is 3. The molecule has 100 valence electrons. The molecular formula is C12H14ClN5O. The van der Waals surface area contributed by atoms with Crippen molar-refractivity contribution in [2.24, 2.45) is 0 Å². The number of amides is 1. The van der Waals surface area contributed by atoms with Crippen molar-refractivity contribution >= 4 is 23.3 Å². The molecule has 0 bridgehead atoms. The zero-order valence-electron chi connectivity index (χ0n) is 10.4. The van der Waals surface area contributed by atoms with E-state index in [0.717, 1.165) is 5.69 Å². The van der Waals surface area contributed by atoms with E-state index in [9.17, 15) is 4.79 Å². The average Bonchev–Trinajstić information content (AvgIpc) is 2.91. The lowest BCUT2D eigenvalue weighted by Crippen LogP contribution is -2.26. The Balaban J connectivity index is 1.94. The maximum atomic E-state index is 11.9. The fourth-order valence-electron chi connectivity index (χ4n) is 1.59. The van der Waals surface area contributed by atoms with Gasteiger partial charge in [-0.25, -0.2) is 9.97 Å². The first kappa shape index (κ1) is 13.4. The molecule has 0 saturated heterocycles. The second-order valence-electron chi connectivity index (χ2n) is 3.90. The molecule has 6 nitrogen and oxygen atoms in total. The minimum atomic E-state index is -0.180. The zero-order valence-corrected chi connectivity index (χ0v) is 11.2. The molecule has 0 radical (unpaired) electrons. The third-order valence-electron chi connectivity index (χ3n) is 2.55. The van der Waals surface area contributed by atoms with Gasteiger partial charge in [0.15, 0.2) is 0 Å². The number of carbonyl (C=O) groups is 1. The van der Waals surface area contributed by atoms with Crippen molar-refractivity contribution in [3.05, 3.63) is 41.1 Å². The van der Waals surface area contributed by atoms with E-state index in [1.54, 1.807) is 25.6 Å². The van der Waals surface area contributed by atoms with E-state index in [0.29, 0.717) is 24.3 Å². The lowest BCUT2D eigenvalue weighted by molar-refractivity contribution is 0.0954. The van der Waals surface area contributed by atoms with Gasteiger partial charge in [0.1, 0.15) is 11.0 Å². The Morgan fingerprint density at radius 2 is 2.32 bits per heavy atom. The Bertz CT molecular complexity index is 555. The average molecular weight is 280 g/mol. The summed E-state index contributed by atoms with van der Waals surface area (Å²) in [6, 6.07) is 3.19. The van der Waals surface area contributed by atoms with Crippen LogP contribution in [0, 0.1) is 0 Å². The van der Waals surface area contributed by atoms with Crippen LogP contribution in [0.3, 0.4) is 0 Å². The van der Waals surface area contributed by atoms with Crippen LogP contribution in [0.2, 0.25) is 5.15 Å². The molecule has 2 rings (SSSR count). The summed E-state index contributed by atoms with van der Waals surface area (Å²) < 4.78 is 0. The summed E-state index contributed by atoms with van der Waals surface area (Å²) in [5.41, 5.74) is 1.46. The number of halogens is 1. The Morgan fingerprint density at radius 1 is 1.47 bits per heavy atom. The number of carbonyl (C=O) groups excluding carboxylic acids is 1. The van der Waals surface area contributed by atoms with Crippen LogP contribution in [0.25, 0.3) is 0 Å². The molecule has 0 aromatic carbocycles. The molecule has 2 aromatic heterocycles. The maximum Gasteiger partial charge on any atom is 0.251 e. The van der Waals surface area contributed by atoms with Crippen LogP contribution >= 0.6 is 11.6 Å². The number of nitrogens with one attached hydrogen (secondary N) is 3. The van der Waals surface area contributed by atoms with Crippen LogP contribution < -0.4 is 10.6 Å². The van der Waals surface area contributed by atoms with Crippen molar-refractivity contribution in [2.75, 3.05) is 18.9 Å². The summed E-state index contributed by atoms with van der Waals surface area (Å²) in [5.74, 6) is 0.381. The number of pyridine rings is 1. The fourth-order valence-corrected chi connectivity index (χ4v) is 1.80. The number of hydrogen-bond donors (Lipinski definition) is 3. The van der Waals surface area contributed by atoms with Crippen LogP contribution in [-0.4, -0.2) is 34.5 Å². The third kappa shape index (κ3) is 3.69. The van der Waals surface area contributed by atoms with E-state index in [1.165, 1.54) is 6.07 Å². The van der Waals surface area contributed by atoms with E-state index in [4.69, 9.17) is 11.6 Å². The molecule has 0 unspecified atom stereocenters. The number of nitrogens with zero attached hydrogens (tertiary/aromatic N) is 2. The van der Waals surface area contributed by atoms with E-state index >= 15 is 0 Å². The van der Waals surface area contributed by atoms with Crippen molar-refractivity contribution in [2.45, 2.75) is 6.42 Å². The largest absolute Gasteiger partial charge is 0.373 e. The smallest absolute Gasteiger partial charge is 0.251 e. The quantitative estimate of drug-likeness (QED) is 0.724. The second-order valence-corrected chi connectivity index (χ2v) is 4.28. The van der Waals surface area contributed by atoms with E-state index in [-0.39, 0.29) is 11.1 Å². The SMILES string of the molecule is CNc1cc(C(=O)NCCc2cnc[nH]2)cc(Cl)n1. The van der Waals surface area contributed by atoms with Crippen molar-refractivity contribution in [3.8, 4) is 0 Å². The summed E-state index contributed by atoms with van der Waals surface area (Å²) in [5, 5.41) is 5.95. The van der Waals surface area contributed by atoms with Gasteiger partial charge < -0.3 is 15.6 Å². The van der Waals surface area contributed by atoms with E-state index in [1.807, 2.05) is 0 Å². The van der Waals surface area contributed by atoms with Crippen LogP contribution in [0.1, 0.15) is 16.1 Å². The predicted octanol–water partition coefficient (Wildman–Crippen LogP) is 1.47. The highest BCUT2D eigenvalue weighted by atomic mass is 35.5. The van der Waals surface area contributed by atoms with E-state index in [2.05, 4.69) is 25.6 Å². The van der Waals surface area contributed by atoms with Gasteiger partial charge in [0.25, 0.3) is 5.91 Å². The van der Waals surface area contributed by atoms with E-state index < -0.39 is 0 Å². The first-order valence-electron chi connectivity index (χ1n) is 5.80. The van der Waals surface area contributed by atoms with Crippen molar-refractivity contribution in [1.29, 1.82) is 0 Å². The number of H-pyrrole nitrogens is 1. The number of hydrogen-bond acceptors (Lipinski definition) is 4. The Hall–Kier alpha value is -2.08. The molecule has 0 aliphatic rings. The molecule has 1 amide bonds. The number of aromatic amines is 1. The fraction of sp³-hybridized carbons (Fsp3) is 0.250. The molecule has 0 aliphatic carbocycles. The predicted molar refractivity (Wildman–Crippen MR) is 73.4 cm³/mol. The van der Waals surface area contributed by atoms with Crippen molar-refractivity contribution in [1.82, 2.24) is 20.3 Å². The molecule has 0 fully saturated rings. The zero-order chi connectivity index (χ0) is 13.7. The van der Waals surface area contributed by atoms with Gasteiger partial charge in [0.2, 0.25) is 0 Å². The summed E-state index contributed by atoms with van der Waals surface area (Å²) in [7, 11) is 1.72. The first-order valence-corrected chi connectivity index (χ1v) is 6.17. The van der Waals surface area contributed by atoms with Crippen LogP contribution in [-0.2, 0) is 6.42 Å². The van der Waals surface area contributed by atoms with Crippen LogP contribution in [0.15, 0.2) is 24.7 Å². The van der Waals surface area contributed by atoms with Gasteiger partial charge in [0, 0.05) is 37.5 Å². The van der Waals surface area contributed by atoms with Gasteiger partial charge in [-0.1, -0.05) is 11.6 Å². The normalized spacial score (nSPS) is 10.2. The Kier molecular flexibility index (Phi) is 4.35. The highest BCUT2D eigenvalue weighted by Crippen LogP contribution is 2.13. The highest BCUT2D eigenvalue weighted by Gasteiger charge is 2.08. The van der Waals surface area contributed by atoms with Crippen LogP contribution in [0.5, 0.6) is 0 Å². The summed E-state index contributed by atoms with van der Waals surface area (Å²) >= 11 is 5.84. The second kappa shape index (κ2) is 6.19. The standard InChI is InChI=1S/C12H14ClN5O/c1-14-11-5-8(4-10(13)18-11)12(19)16-3-2-9-6-15-7-17-9/h4-7H,2-3H2,1H3,(H,14,18)(H,15,17)(H,16,19). The molecule has 0 spiro atoms. The van der Waals surface area contributed by atoms with Gasteiger partial charge in [-0.2, -0.15) is 0 Å². The molecule has 3 N–H and O–H groups in total. The Morgan fingerprint density at radius 3 is 3.00 bits per heavy atom. The minimum absolute atomic E-state index is 0.180. The van der Waals surface area contributed by atoms with Gasteiger partial charge in [-0.3, -0.25) is 4.79 Å². The number of rotatable bonds is 5. The summed E-state index contributed by atoms with van der Waals surface area (Å²) in [6.07, 6.45) is 4.04. The number of imidazole rings is 1. The van der Waals surface area contributed by atoms with Crippen LogP contribution in [0.4, 0.5) is 5.82 Å². The molecule has 2 heterocycles. The molecular weight excluding hydrogens is 266 g/mol. The van der Waals surface area contributed by atoms with Crippen molar-refractivity contribution in [3.63, 3.8) is 0 Å².